The number of halogens is 1. The van der Waals surface area contributed by atoms with E-state index in [0.717, 1.165) is 76.2 Å². The summed E-state index contributed by atoms with van der Waals surface area (Å²) in [4.78, 5) is 32.7. The number of hydrogen-bond donors (Lipinski definition) is 2. The first-order valence-corrected chi connectivity index (χ1v) is 18.9. The van der Waals surface area contributed by atoms with Crippen molar-refractivity contribution >= 4 is 45.5 Å². The van der Waals surface area contributed by atoms with Crippen LogP contribution in [0.2, 0.25) is 5.02 Å². The van der Waals surface area contributed by atoms with Crippen molar-refractivity contribution in [3.05, 3.63) is 88.6 Å². The Morgan fingerprint density at radius 2 is 1.76 bits per heavy atom. The van der Waals surface area contributed by atoms with Gasteiger partial charge in [0.1, 0.15) is 17.0 Å². The van der Waals surface area contributed by atoms with Crippen LogP contribution in [0.5, 0.6) is 11.5 Å². The highest BCUT2D eigenvalue weighted by molar-refractivity contribution is 6.34. The minimum Gasteiger partial charge on any atom is -0.496 e. The van der Waals surface area contributed by atoms with Gasteiger partial charge in [0.05, 0.1) is 48.1 Å². The maximum atomic E-state index is 11.9. The number of fused-ring (bicyclic) bond motifs is 2. The van der Waals surface area contributed by atoms with Crippen LogP contribution in [0, 0.1) is 18.3 Å². The van der Waals surface area contributed by atoms with Crippen LogP contribution in [0.25, 0.3) is 50.3 Å². The predicted molar refractivity (Wildman–Crippen MR) is 209 cm³/mol. The molecule has 9 rings (SSSR count). The topological polar surface area (TPSA) is 135 Å². The van der Waals surface area contributed by atoms with Crippen LogP contribution in [0.4, 0.5) is 0 Å². The number of aromatic nitrogens is 3. The number of carboxylic acid groups (broad SMARTS) is 1. The second kappa shape index (κ2) is 13.7. The Balaban J connectivity index is 1.01. The number of nitrogens with zero attached hydrogens (tertiary/aromatic N) is 5. The number of carbonyl (C=O) groups excluding carboxylic acids is 1. The molecule has 3 aliphatic heterocycles. The molecular formula is C42H41ClN6O6. The number of ether oxygens (including phenoxy) is 2. The standard InChI is InChI=1S/C42H41ClN6O6/c1-24-28(6-4-7-29(24)40-46-34-13-25(12-33(43)39(34)55-40)18-47-11-10-26(19-47)41(51)52)30-8-5-9-35-31(30)17-45-49(35)27-14-36(53-2)32(37(15-27)54-3)20-48-22-42(23-48)16-38(50)44-21-42/h4-9,12-15,17,26H,10-11,16,18-23H2,1-3H3,(H,44,50)(H,51,52)/t26-/m1/s1. The number of carbonyl (C=O) groups is 2. The summed E-state index contributed by atoms with van der Waals surface area (Å²) in [6, 6.07) is 20.1. The molecule has 3 saturated heterocycles. The first-order valence-electron chi connectivity index (χ1n) is 18.5. The summed E-state index contributed by atoms with van der Waals surface area (Å²) in [5.41, 5.74) is 8.78. The van der Waals surface area contributed by atoms with Gasteiger partial charge in [-0.15, -0.1) is 0 Å². The van der Waals surface area contributed by atoms with E-state index in [4.69, 9.17) is 35.6 Å². The highest BCUT2D eigenvalue weighted by atomic mass is 35.5. The van der Waals surface area contributed by atoms with Gasteiger partial charge >= 0.3 is 5.97 Å². The maximum absolute atomic E-state index is 11.9. The normalized spacial score (nSPS) is 18.3. The van der Waals surface area contributed by atoms with Gasteiger partial charge in [-0.3, -0.25) is 19.4 Å². The van der Waals surface area contributed by atoms with E-state index in [-0.39, 0.29) is 17.2 Å². The third-order valence-corrected chi connectivity index (χ3v) is 11.8. The van der Waals surface area contributed by atoms with Crippen molar-refractivity contribution in [1.29, 1.82) is 0 Å². The van der Waals surface area contributed by atoms with Gasteiger partial charge in [0.25, 0.3) is 0 Å². The molecule has 0 radical (unpaired) electrons. The monoisotopic (exact) mass is 760 g/mol. The number of aliphatic carboxylic acids is 1. The maximum Gasteiger partial charge on any atom is 0.307 e. The number of amides is 1. The van der Waals surface area contributed by atoms with E-state index in [2.05, 4.69) is 40.2 Å². The van der Waals surface area contributed by atoms with Crippen LogP contribution in [0.3, 0.4) is 0 Å². The summed E-state index contributed by atoms with van der Waals surface area (Å²) < 4.78 is 20.1. The zero-order valence-corrected chi connectivity index (χ0v) is 31.7. The Hall–Kier alpha value is -5.43. The SMILES string of the molecule is COc1cc(-n2ncc3c(-c4cccc(-c5nc6cc(CN7CC[C@@H](C(=O)O)C7)cc(Cl)c6o5)c4C)cccc32)cc(OC)c1CN1CC2(CNC(=O)C2)C1. The first-order chi connectivity index (χ1) is 26.6. The molecule has 0 bridgehead atoms. The third kappa shape index (κ3) is 6.27. The number of methoxy groups -OCH3 is 2. The van der Waals surface area contributed by atoms with Crippen molar-refractivity contribution in [2.24, 2.45) is 11.3 Å². The van der Waals surface area contributed by atoms with Crippen molar-refractivity contribution in [2.75, 3.05) is 46.9 Å². The molecule has 0 aliphatic carbocycles. The molecule has 3 fully saturated rings. The van der Waals surface area contributed by atoms with Gasteiger partial charge in [0.2, 0.25) is 11.8 Å². The van der Waals surface area contributed by atoms with Crippen LogP contribution in [0.1, 0.15) is 29.5 Å². The number of oxazole rings is 1. The minimum atomic E-state index is -0.749. The summed E-state index contributed by atoms with van der Waals surface area (Å²) in [7, 11) is 3.34. The van der Waals surface area contributed by atoms with Crippen LogP contribution in [-0.2, 0) is 22.7 Å². The molecule has 5 heterocycles. The van der Waals surface area contributed by atoms with Crippen molar-refractivity contribution in [1.82, 2.24) is 29.9 Å². The van der Waals surface area contributed by atoms with Crippen LogP contribution < -0.4 is 14.8 Å². The van der Waals surface area contributed by atoms with E-state index in [1.807, 2.05) is 53.3 Å². The van der Waals surface area contributed by atoms with Gasteiger partial charge < -0.3 is 24.3 Å². The molecule has 1 amide bonds. The Morgan fingerprint density at radius 1 is 1.02 bits per heavy atom. The molecule has 0 saturated carbocycles. The Labute approximate surface area is 322 Å². The zero-order chi connectivity index (χ0) is 38.0. The van der Waals surface area contributed by atoms with Crippen molar-refractivity contribution in [2.45, 2.75) is 32.9 Å². The van der Waals surface area contributed by atoms with E-state index in [1.54, 1.807) is 14.2 Å². The van der Waals surface area contributed by atoms with E-state index >= 15 is 0 Å². The molecule has 2 aromatic heterocycles. The van der Waals surface area contributed by atoms with Gasteiger partial charge in [-0.25, -0.2) is 9.67 Å². The largest absolute Gasteiger partial charge is 0.496 e. The number of rotatable bonds is 10. The quantitative estimate of drug-likeness (QED) is 0.155. The van der Waals surface area contributed by atoms with Crippen LogP contribution >= 0.6 is 11.6 Å². The number of likely N-dealkylation sites (tertiary alicyclic amines) is 2. The van der Waals surface area contributed by atoms with E-state index in [1.165, 1.54) is 0 Å². The van der Waals surface area contributed by atoms with Crippen molar-refractivity contribution in [3.63, 3.8) is 0 Å². The summed E-state index contributed by atoms with van der Waals surface area (Å²) in [5.74, 6) is 0.950. The smallest absolute Gasteiger partial charge is 0.307 e. The molecule has 1 atom stereocenters. The minimum absolute atomic E-state index is 0.0339. The van der Waals surface area contributed by atoms with E-state index in [9.17, 15) is 14.7 Å². The number of hydrogen-bond acceptors (Lipinski definition) is 9. The summed E-state index contributed by atoms with van der Waals surface area (Å²) in [5, 5.41) is 18.7. The molecule has 1 spiro atoms. The first kappa shape index (κ1) is 35.3. The number of benzene rings is 4. The fourth-order valence-corrected chi connectivity index (χ4v) is 9.08. The number of nitrogens with one attached hydrogen (secondary N) is 1. The molecule has 2 N–H and O–H groups in total. The average molecular weight is 761 g/mol. The second-order valence-electron chi connectivity index (χ2n) is 15.2. The highest BCUT2D eigenvalue weighted by Gasteiger charge is 2.48. The molecule has 4 aromatic carbocycles. The van der Waals surface area contributed by atoms with Gasteiger partial charge in [-0.2, -0.15) is 5.10 Å². The van der Waals surface area contributed by atoms with Crippen molar-refractivity contribution in [3.8, 4) is 39.8 Å². The molecule has 13 heteroatoms. The second-order valence-corrected chi connectivity index (χ2v) is 15.6. The molecule has 12 nitrogen and oxygen atoms in total. The van der Waals surface area contributed by atoms with Gasteiger partial charge in [-0.05, 0) is 66.4 Å². The van der Waals surface area contributed by atoms with Gasteiger partial charge in [-0.1, -0.05) is 35.9 Å². The van der Waals surface area contributed by atoms with Crippen molar-refractivity contribution < 1.29 is 28.6 Å². The Morgan fingerprint density at radius 3 is 2.47 bits per heavy atom. The number of carboxylic acids is 1. The molecular weight excluding hydrogens is 720 g/mol. The van der Waals surface area contributed by atoms with E-state index in [0.29, 0.717) is 66.0 Å². The predicted octanol–water partition coefficient (Wildman–Crippen LogP) is 6.71. The summed E-state index contributed by atoms with van der Waals surface area (Å²) in [6.07, 6.45) is 3.12. The zero-order valence-electron chi connectivity index (χ0n) is 30.9. The lowest BCUT2D eigenvalue weighted by molar-refractivity contribution is -0.141. The molecule has 3 aliphatic rings. The summed E-state index contributed by atoms with van der Waals surface area (Å²) >= 11 is 6.73. The lowest BCUT2D eigenvalue weighted by Gasteiger charge is -2.47. The Kier molecular flexibility index (Phi) is 8.79. The average Bonchev–Trinajstić information content (AvgIpc) is 3.98. The fraction of sp³-hybridized carbons (Fsp3) is 0.333. The third-order valence-electron chi connectivity index (χ3n) is 11.5. The Bertz CT molecular complexity index is 2480. The highest BCUT2D eigenvalue weighted by Crippen LogP contribution is 2.42. The molecule has 0 unspecified atom stereocenters. The van der Waals surface area contributed by atoms with E-state index < -0.39 is 5.97 Å². The molecule has 282 valence electrons. The summed E-state index contributed by atoms with van der Waals surface area (Å²) in [6.45, 7) is 7.01. The van der Waals surface area contributed by atoms with Gasteiger partial charge in [0, 0.05) is 74.2 Å². The lowest BCUT2D eigenvalue weighted by Crippen LogP contribution is -2.56. The van der Waals surface area contributed by atoms with Crippen LogP contribution in [-0.4, -0.2) is 88.5 Å². The molecule has 6 aromatic rings. The lowest BCUT2D eigenvalue weighted by atomic mass is 9.79. The molecule has 55 heavy (non-hydrogen) atoms. The van der Waals surface area contributed by atoms with Crippen LogP contribution in [0.15, 0.2) is 71.3 Å². The fourth-order valence-electron chi connectivity index (χ4n) is 8.80. The van der Waals surface area contributed by atoms with Gasteiger partial charge in [0.15, 0.2) is 5.58 Å².